The standard InChI is InChI=1S/C36H30O2P2S/c37-39(27-13-5-1-6-14-27,28-15-7-2-8-16-28)31-21-23-35-33(25-31)34-26-32(22-24-36(34)41-35)40(38,29-17-9-3-10-18-29)30-19-11-4-12-20-30/h1-19,21-26,30,34,36H,20H2. The normalized spacial score (nSPS) is 22.4. The Morgan fingerprint density at radius 3 is 1.90 bits per heavy atom. The third-order valence-corrected chi connectivity index (χ3v) is 16.2. The summed E-state index contributed by atoms with van der Waals surface area (Å²) in [6, 6.07) is 36.0. The lowest BCUT2D eigenvalue weighted by Gasteiger charge is -2.31. The van der Waals surface area contributed by atoms with E-state index in [0.29, 0.717) is 0 Å². The lowest BCUT2D eigenvalue weighted by molar-refractivity contribution is 0.580. The first-order valence-corrected chi connectivity index (χ1v) is 18.4. The molecule has 4 atom stereocenters. The molecule has 4 aromatic rings. The molecule has 0 fully saturated rings. The van der Waals surface area contributed by atoms with Crippen LogP contribution in [0.5, 0.6) is 0 Å². The third-order valence-electron chi connectivity index (χ3n) is 8.33. The average molecular weight is 589 g/mol. The van der Waals surface area contributed by atoms with Crippen LogP contribution in [-0.2, 0) is 9.13 Å². The van der Waals surface area contributed by atoms with Crippen LogP contribution < -0.4 is 21.2 Å². The second kappa shape index (κ2) is 10.8. The molecule has 0 aromatic heterocycles. The van der Waals surface area contributed by atoms with Gasteiger partial charge in [-0.2, -0.15) is 0 Å². The summed E-state index contributed by atoms with van der Waals surface area (Å²) in [5.41, 5.74) is 1.10. The van der Waals surface area contributed by atoms with Crippen molar-refractivity contribution in [1.82, 2.24) is 0 Å². The molecule has 1 heterocycles. The van der Waals surface area contributed by atoms with Gasteiger partial charge in [0, 0.05) is 48.3 Å². The van der Waals surface area contributed by atoms with Crippen molar-refractivity contribution in [3.8, 4) is 0 Å². The predicted octanol–water partition coefficient (Wildman–Crippen LogP) is 7.91. The molecule has 0 radical (unpaired) electrons. The molecule has 2 aliphatic carbocycles. The molecule has 7 rings (SSSR count). The summed E-state index contributed by atoms with van der Waals surface area (Å²) >= 11 is 1.84. The minimum Gasteiger partial charge on any atom is -0.313 e. The van der Waals surface area contributed by atoms with Gasteiger partial charge in [-0.1, -0.05) is 134 Å². The number of allylic oxidation sites excluding steroid dienone is 7. The molecule has 0 spiro atoms. The molecule has 202 valence electrons. The summed E-state index contributed by atoms with van der Waals surface area (Å²) in [6.45, 7) is 0. The van der Waals surface area contributed by atoms with E-state index in [1.54, 1.807) is 0 Å². The fourth-order valence-electron chi connectivity index (χ4n) is 6.24. The molecular weight excluding hydrogens is 558 g/mol. The Kier molecular flexibility index (Phi) is 7.00. The van der Waals surface area contributed by atoms with Gasteiger partial charge in [0.15, 0.2) is 7.14 Å². The number of benzene rings is 4. The van der Waals surface area contributed by atoms with Gasteiger partial charge in [0.25, 0.3) is 0 Å². The molecule has 0 amide bonds. The van der Waals surface area contributed by atoms with Crippen LogP contribution in [-0.4, -0.2) is 10.9 Å². The van der Waals surface area contributed by atoms with Gasteiger partial charge in [-0.05, 0) is 30.2 Å². The Labute approximate surface area is 246 Å². The summed E-state index contributed by atoms with van der Waals surface area (Å²) < 4.78 is 30.3. The van der Waals surface area contributed by atoms with E-state index in [0.717, 1.165) is 33.0 Å². The monoisotopic (exact) mass is 588 g/mol. The van der Waals surface area contributed by atoms with Crippen LogP contribution in [0.15, 0.2) is 162 Å². The van der Waals surface area contributed by atoms with Crippen molar-refractivity contribution in [3.05, 3.63) is 163 Å². The smallest absolute Gasteiger partial charge is 0.171 e. The van der Waals surface area contributed by atoms with Crippen LogP contribution in [0.25, 0.3) is 0 Å². The highest BCUT2D eigenvalue weighted by Gasteiger charge is 2.41. The Bertz CT molecular complexity index is 1760. The summed E-state index contributed by atoms with van der Waals surface area (Å²) in [4.78, 5) is 1.20. The number of rotatable bonds is 6. The summed E-state index contributed by atoms with van der Waals surface area (Å²) in [6.07, 6.45) is 15.6. The van der Waals surface area contributed by atoms with E-state index in [2.05, 4.69) is 42.5 Å². The first kappa shape index (κ1) is 26.5. The fraction of sp³-hybridized carbons (Fsp3) is 0.111. The molecule has 4 unspecified atom stereocenters. The zero-order valence-corrected chi connectivity index (χ0v) is 25.1. The third kappa shape index (κ3) is 4.52. The maximum absolute atomic E-state index is 15.2. The quantitative estimate of drug-likeness (QED) is 0.215. The van der Waals surface area contributed by atoms with Crippen molar-refractivity contribution >= 4 is 47.3 Å². The van der Waals surface area contributed by atoms with E-state index in [4.69, 9.17) is 0 Å². The molecule has 2 nitrogen and oxygen atoms in total. The van der Waals surface area contributed by atoms with E-state index in [-0.39, 0.29) is 16.8 Å². The molecule has 0 N–H and O–H groups in total. The molecule has 3 aliphatic rings. The van der Waals surface area contributed by atoms with E-state index in [9.17, 15) is 0 Å². The lowest BCUT2D eigenvalue weighted by Crippen LogP contribution is -2.25. The minimum atomic E-state index is -3.09. The van der Waals surface area contributed by atoms with E-state index in [1.165, 1.54) is 10.5 Å². The van der Waals surface area contributed by atoms with E-state index in [1.807, 2.05) is 121 Å². The van der Waals surface area contributed by atoms with Gasteiger partial charge in [0.1, 0.15) is 7.14 Å². The fourth-order valence-corrected chi connectivity index (χ4v) is 13.3. The minimum absolute atomic E-state index is 0.0649. The van der Waals surface area contributed by atoms with Crippen molar-refractivity contribution < 1.29 is 9.13 Å². The molecule has 4 aromatic carbocycles. The van der Waals surface area contributed by atoms with Crippen LogP contribution in [0.1, 0.15) is 17.9 Å². The van der Waals surface area contributed by atoms with Gasteiger partial charge in [0.05, 0.1) is 0 Å². The highest BCUT2D eigenvalue weighted by atomic mass is 32.2. The number of hydrogen-bond acceptors (Lipinski definition) is 3. The lowest BCUT2D eigenvalue weighted by atomic mass is 9.92. The average Bonchev–Trinajstić information content (AvgIpc) is 3.43. The zero-order chi connectivity index (χ0) is 27.9. The van der Waals surface area contributed by atoms with Crippen LogP contribution >= 0.6 is 26.0 Å². The summed E-state index contributed by atoms with van der Waals surface area (Å²) in [5, 5.41) is 4.55. The van der Waals surface area contributed by atoms with Gasteiger partial charge in [-0.25, -0.2) is 0 Å². The van der Waals surface area contributed by atoms with Crippen molar-refractivity contribution in [1.29, 1.82) is 0 Å². The summed E-state index contributed by atoms with van der Waals surface area (Å²) in [7, 11) is -6.04. The van der Waals surface area contributed by atoms with Crippen molar-refractivity contribution in [2.24, 2.45) is 0 Å². The topological polar surface area (TPSA) is 34.1 Å². The van der Waals surface area contributed by atoms with Crippen molar-refractivity contribution in [3.63, 3.8) is 0 Å². The van der Waals surface area contributed by atoms with Gasteiger partial charge < -0.3 is 9.13 Å². The second-order valence-electron chi connectivity index (χ2n) is 10.7. The molecule has 0 saturated heterocycles. The number of thioether (sulfide) groups is 1. The Hall–Kier alpha value is -3.35. The van der Waals surface area contributed by atoms with Gasteiger partial charge in [-0.15, -0.1) is 11.8 Å². The first-order valence-electron chi connectivity index (χ1n) is 14.0. The molecule has 0 bridgehead atoms. The SMILES string of the molecule is O=P(c1ccccc1)(c1ccccc1)c1ccc2c(c1)C1C=C(P(=O)(c3ccccc3)C3C=CC=CC3)C=CC1S2. The number of fused-ring (bicyclic) bond motifs is 3. The van der Waals surface area contributed by atoms with Crippen LogP contribution in [0.3, 0.4) is 0 Å². The highest BCUT2D eigenvalue weighted by Crippen LogP contribution is 2.63. The highest BCUT2D eigenvalue weighted by molar-refractivity contribution is 8.00. The van der Waals surface area contributed by atoms with Gasteiger partial charge in [0.2, 0.25) is 0 Å². The molecule has 1 aliphatic heterocycles. The van der Waals surface area contributed by atoms with Crippen LogP contribution in [0.4, 0.5) is 0 Å². The maximum Gasteiger partial charge on any atom is 0.171 e. The zero-order valence-electron chi connectivity index (χ0n) is 22.5. The Morgan fingerprint density at radius 1 is 0.659 bits per heavy atom. The van der Waals surface area contributed by atoms with Gasteiger partial charge >= 0.3 is 0 Å². The molecule has 41 heavy (non-hydrogen) atoms. The molecule has 5 heteroatoms. The van der Waals surface area contributed by atoms with E-state index >= 15 is 9.13 Å². The first-order chi connectivity index (χ1) is 20.1. The van der Waals surface area contributed by atoms with Crippen molar-refractivity contribution in [2.45, 2.75) is 28.1 Å². The van der Waals surface area contributed by atoms with Crippen molar-refractivity contribution in [2.75, 3.05) is 0 Å². The molecule has 0 saturated carbocycles. The van der Waals surface area contributed by atoms with Crippen LogP contribution in [0.2, 0.25) is 0 Å². The molecular formula is C36H30O2P2S. The number of hydrogen-bond donors (Lipinski definition) is 0. The summed E-state index contributed by atoms with van der Waals surface area (Å²) in [5.74, 6) is 0.0649. The maximum atomic E-state index is 15.2. The Balaban J connectivity index is 1.35. The Morgan fingerprint density at radius 2 is 1.29 bits per heavy atom. The van der Waals surface area contributed by atoms with Gasteiger partial charge in [-0.3, -0.25) is 0 Å². The second-order valence-corrected chi connectivity index (χ2v) is 17.7. The van der Waals surface area contributed by atoms with E-state index < -0.39 is 14.3 Å². The predicted molar refractivity (Wildman–Crippen MR) is 176 cm³/mol. The van der Waals surface area contributed by atoms with Crippen LogP contribution in [0, 0.1) is 0 Å². The largest absolute Gasteiger partial charge is 0.313 e.